The molecule has 2 N–H and O–H groups in total. The molecule has 3 aromatic carbocycles. The Labute approximate surface area is 202 Å². The van der Waals surface area contributed by atoms with E-state index >= 15 is 0 Å². The number of phenolic OH excluding ortho intramolecular Hbond substituents is 1. The van der Waals surface area contributed by atoms with Crippen molar-refractivity contribution in [2.24, 2.45) is 0 Å². The summed E-state index contributed by atoms with van der Waals surface area (Å²) in [6.45, 7) is 1.89. The van der Waals surface area contributed by atoms with Crippen LogP contribution >= 0.6 is 0 Å². The van der Waals surface area contributed by atoms with Gasteiger partial charge in [0, 0.05) is 12.1 Å². The summed E-state index contributed by atoms with van der Waals surface area (Å²) in [5, 5.41) is 20.6. The summed E-state index contributed by atoms with van der Waals surface area (Å²) in [6, 6.07) is 20.9. The van der Waals surface area contributed by atoms with Gasteiger partial charge in [0.15, 0.2) is 11.5 Å². The Morgan fingerprint density at radius 1 is 0.943 bits per heavy atom. The predicted octanol–water partition coefficient (Wildman–Crippen LogP) is 4.67. The van der Waals surface area contributed by atoms with Crippen LogP contribution in [0.2, 0.25) is 0 Å². The summed E-state index contributed by atoms with van der Waals surface area (Å²) in [5.74, 6) is -2.24. The third-order valence-corrected chi connectivity index (χ3v) is 5.84. The summed E-state index contributed by atoms with van der Waals surface area (Å²) < 4.78 is 5.07. The van der Waals surface area contributed by atoms with E-state index in [4.69, 9.17) is 4.74 Å². The highest BCUT2D eigenvalue weighted by Crippen LogP contribution is 2.42. The molecule has 0 spiro atoms. The quantitative estimate of drug-likeness (QED) is 0.463. The summed E-state index contributed by atoms with van der Waals surface area (Å²) >= 11 is 0. The number of carbonyl (C=O) groups excluding carboxylic acids is 3. The zero-order valence-corrected chi connectivity index (χ0v) is 19.2. The maximum Gasteiger partial charge on any atom is 0.338 e. The van der Waals surface area contributed by atoms with E-state index in [0.717, 1.165) is 5.56 Å². The van der Waals surface area contributed by atoms with E-state index in [1.807, 2.05) is 30.3 Å². The van der Waals surface area contributed by atoms with Crippen LogP contribution in [0.5, 0.6) is 5.75 Å². The van der Waals surface area contributed by atoms with Crippen LogP contribution in [-0.2, 0) is 20.7 Å². The number of benzene rings is 3. The number of hydrogen-bond donors (Lipinski definition) is 2. The van der Waals surface area contributed by atoms with Crippen LogP contribution < -0.4 is 4.90 Å². The number of aliphatic hydroxyl groups excluding tert-OH is 1. The molecule has 0 radical (unpaired) electrons. The van der Waals surface area contributed by atoms with Gasteiger partial charge in [-0.3, -0.25) is 14.5 Å². The molecule has 1 heterocycles. The first kappa shape index (κ1) is 23.8. The number of carbonyl (C=O) groups is 3. The molecule has 0 saturated carbocycles. The van der Waals surface area contributed by atoms with Crippen molar-refractivity contribution in [1.29, 1.82) is 0 Å². The number of anilines is 1. The van der Waals surface area contributed by atoms with E-state index < -0.39 is 23.7 Å². The number of aryl methyl sites for hydroxylation is 1. The molecule has 0 saturated heterocycles. The van der Waals surface area contributed by atoms with Crippen molar-refractivity contribution in [1.82, 2.24) is 0 Å². The monoisotopic (exact) mass is 471 g/mol. The van der Waals surface area contributed by atoms with Crippen molar-refractivity contribution < 1.29 is 29.3 Å². The molecule has 0 aromatic heterocycles. The predicted molar refractivity (Wildman–Crippen MR) is 130 cm³/mol. The van der Waals surface area contributed by atoms with Crippen LogP contribution in [-0.4, -0.2) is 34.5 Å². The molecule has 1 atom stereocenters. The largest absolute Gasteiger partial charge is 0.508 e. The molecule has 7 heteroatoms. The SMILES string of the molecule is CCOC(=O)c1cccc(N2C(=O)C(O)=C(C(=O)CCc3ccccc3)C2c2ccc(O)cc2)c1. The number of ketones is 1. The zero-order chi connectivity index (χ0) is 24.9. The second-order valence-corrected chi connectivity index (χ2v) is 8.11. The highest BCUT2D eigenvalue weighted by molar-refractivity contribution is 6.16. The van der Waals surface area contributed by atoms with E-state index in [9.17, 15) is 24.6 Å². The number of nitrogens with zero attached hydrogens (tertiary/aromatic N) is 1. The average Bonchev–Trinajstić information content (AvgIpc) is 3.14. The number of aromatic hydroxyl groups is 1. The molecule has 35 heavy (non-hydrogen) atoms. The molecule has 178 valence electrons. The molecule has 1 aliphatic heterocycles. The maximum absolute atomic E-state index is 13.3. The average molecular weight is 472 g/mol. The van der Waals surface area contributed by atoms with Gasteiger partial charge in [-0.25, -0.2) is 4.79 Å². The normalized spacial score (nSPS) is 15.4. The van der Waals surface area contributed by atoms with Gasteiger partial charge in [-0.2, -0.15) is 0 Å². The minimum Gasteiger partial charge on any atom is -0.508 e. The number of aliphatic hydroxyl groups is 1. The highest BCUT2D eigenvalue weighted by Gasteiger charge is 2.44. The van der Waals surface area contributed by atoms with Crippen molar-refractivity contribution in [3.63, 3.8) is 0 Å². The van der Waals surface area contributed by atoms with Crippen LogP contribution in [0.15, 0.2) is 90.2 Å². The lowest BCUT2D eigenvalue weighted by Crippen LogP contribution is -2.31. The molecule has 1 unspecified atom stereocenters. The number of Topliss-reactive ketones (excluding diaryl/α,β-unsaturated/α-hetero) is 1. The van der Waals surface area contributed by atoms with Gasteiger partial charge in [0.25, 0.3) is 5.91 Å². The van der Waals surface area contributed by atoms with Gasteiger partial charge in [-0.15, -0.1) is 0 Å². The Morgan fingerprint density at radius 2 is 1.66 bits per heavy atom. The number of ether oxygens (including phenoxy) is 1. The summed E-state index contributed by atoms with van der Waals surface area (Å²) in [4.78, 5) is 40.2. The van der Waals surface area contributed by atoms with Crippen molar-refractivity contribution in [2.75, 3.05) is 11.5 Å². The first-order chi connectivity index (χ1) is 16.9. The summed E-state index contributed by atoms with van der Waals surface area (Å²) in [5.41, 5.74) is 2.05. The lowest BCUT2D eigenvalue weighted by Gasteiger charge is -2.27. The van der Waals surface area contributed by atoms with Gasteiger partial charge < -0.3 is 14.9 Å². The standard InChI is InChI=1S/C28H25NO6/c1-2-35-28(34)20-9-6-10-21(17-20)29-25(19-12-14-22(30)15-13-19)24(26(32)27(29)33)23(31)16-11-18-7-4-3-5-8-18/h3-10,12-15,17,25,30,32H,2,11,16H2,1H3. The molecule has 0 aliphatic carbocycles. The first-order valence-electron chi connectivity index (χ1n) is 11.3. The second-order valence-electron chi connectivity index (χ2n) is 8.11. The lowest BCUT2D eigenvalue weighted by molar-refractivity contribution is -0.118. The minimum atomic E-state index is -0.927. The van der Waals surface area contributed by atoms with Gasteiger partial charge >= 0.3 is 5.97 Å². The number of phenols is 1. The molecule has 1 amide bonds. The molecule has 3 aromatic rings. The Balaban J connectivity index is 1.73. The number of rotatable bonds is 8. The van der Waals surface area contributed by atoms with Crippen LogP contribution in [0.1, 0.15) is 40.9 Å². The highest BCUT2D eigenvalue weighted by atomic mass is 16.5. The van der Waals surface area contributed by atoms with Gasteiger partial charge in [0.05, 0.1) is 23.8 Å². The summed E-state index contributed by atoms with van der Waals surface area (Å²) in [6.07, 6.45) is 0.549. The number of esters is 1. The number of hydrogen-bond acceptors (Lipinski definition) is 6. The van der Waals surface area contributed by atoms with E-state index in [2.05, 4.69) is 0 Å². The second kappa shape index (κ2) is 10.3. The molecule has 0 fully saturated rings. The van der Waals surface area contributed by atoms with Gasteiger partial charge in [0.2, 0.25) is 0 Å². The van der Waals surface area contributed by atoms with Crippen LogP contribution in [0.25, 0.3) is 0 Å². The fourth-order valence-electron chi connectivity index (χ4n) is 4.16. The molecular formula is C28H25NO6. The van der Waals surface area contributed by atoms with Crippen LogP contribution in [0.3, 0.4) is 0 Å². The van der Waals surface area contributed by atoms with Gasteiger partial charge in [-0.05, 0) is 54.8 Å². The van der Waals surface area contributed by atoms with Crippen LogP contribution in [0, 0.1) is 0 Å². The van der Waals surface area contributed by atoms with E-state index in [1.165, 1.54) is 23.1 Å². The van der Waals surface area contributed by atoms with Crippen LogP contribution in [0.4, 0.5) is 5.69 Å². The minimum absolute atomic E-state index is 0.0156. The Kier molecular flexibility index (Phi) is 6.96. The van der Waals surface area contributed by atoms with Gasteiger partial charge in [0.1, 0.15) is 5.75 Å². The first-order valence-corrected chi connectivity index (χ1v) is 11.3. The maximum atomic E-state index is 13.3. The van der Waals surface area contributed by atoms with Crippen molar-refractivity contribution >= 4 is 23.3 Å². The molecule has 0 bridgehead atoms. The summed E-state index contributed by atoms with van der Waals surface area (Å²) in [7, 11) is 0. The van der Waals surface area contributed by atoms with Crippen molar-refractivity contribution in [3.8, 4) is 5.75 Å². The topological polar surface area (TPSA) is 104 Å². The Bertz CT molecular complexity index is 1280. The lowest BCUT2D eigenvalue weighted by atomic mass is 9.93. The molecule has 7 nitrogen and oxygen atoms in total. The van der Waals surface area contributed by atoms with Crippen molar-refractivity contribution in [2.45, 2.75) is 25.8 Å². The van der Waals surface area contributed by atoms with Crippen molar-refractivity contribution in [3.05, 3.63) is 107 Å². The Morgan fingerprint density at radius 3 is 2.34 bits per heavy atom. The van der Waals surface area contributed by atoms with E-state index in [0.29, 0.717) is 17.7 Å². The van der Waals surface area contributed by atoms with E-state index in [-0.39, 0.29) is 35.7 Å². The van der Waals surface area contributed by atoms with Gasteiger partial charge in [-0.1, -0.05) is 48.5 Å². The molecule has 4 rings (SSSR count). The fraction of sp³-hybridized carbons (Fsp3) is 0.179. The van der Waals surface area contributed by atoms with E-state index in [1.54, 1.807) is 37.3 Å². The third-order valence-electron chi connectivity index (χ3n) is 5.84. The number of amides is 1. The smallest absolute Gasteiger partial charge is 0.338 e. The zero-order valence-electron chi connectivity index (χ0n) is 19.2. The third kappa shape index (κ3) is 4.94. The fourth-order valence-corrected chi connectivity index (χ4v) is 4.16. The Hall–Kier alpha value is -4.39. The molecular weight excluding hydrogens is 446 g/mol. The molecule has 1 aliphatic rings.